The molecular weight excluding hydrogens is 168 g/mol. The fourth-order valence-corrected chi connectivity index (χ4v) is 3.93. The van der Waals surface area contributed by atoms with Gasteiger partial charge in [0.2, 0.25) is 0 Å². The SMILES string of the molecule is CCCC1(C)CC(CC)CC(C)(C)C1. The first-order valence-electron chi connectivity index (χ1n) is 6.41. The molecule has 1 fully saturated rings. The van der Waals surface area contributed by atoms with Gasteiger partial charge in [0, 0.05) is 0 Å². The molecule has 1 saturated carbocycles. The minimum Gasteiger partial charge on any atom is -0.0654 e. The highest BCUT2D eigenvalue weighted by atomic mass is 14.4. The van der Waals surface area contributed by atoms with Gasteiger partial charge in [-0.05, 0) is 42.4 Å². The lowest BCUT2D eigenvalue weighted by atomic mass is 9.59. The van der Waals surface area contributed by atoms with E-state index < -0.39 is 0 Å². The van der Waals surface area contributed by atoms with E-state index in [1.807, 2.05) is 0 Å². The van der Waals surface area contributed by atoms with Crippen LogP contribution in [0.1, 0.15) is 73.1 Å². The Kier molecular flexibility index (Phi) is 3.66. The Hall–Kier alpha value is 0. The third-order valence-corrected chi connectivity index (χ3v) is 3.96. The molecule has 0 radical (unpaired) electrons. The normalized spacial score (nSPS) is 37.1. The molecule has 0 aromatic rings. The summed E-state index contributed by atoms with van der Waals surface area (Å²) >= 11 is 0. The Balaban J connectivity index is 2.69. The van der Waals surface area contributed by atoms with Crippen LogP contribution in [0.2, 0.25) is 0 Å². The average Bonchev–Trinajstić information content (AvgIpc) is 2.00. The Morgan fingerprint density at radius 2 is 1.71 bits per heavy atom. The highest BCUT2D eigenvalue weighted by Crippen LogP contribution is 2.51. The third kappa shape index (κ3) is 3.00. The maximum Gasteiger partial charge on any atom is -0.0318 e. The third-order valence-electron chi connectivity index (χ3n) is 3.96. The van der Waals surface area contributed by atoms with Crippen molar-refractivity contribution in [2.24, 2.45) is 16.7 Å². The minimum atomic E-state index is 0.586. The van der Waals surface area contributed by atoms with Crippen molar-refractivity contribution < 1.29 is 0 Å². The molecular formula is C14H28. The molecule has 0 amide bonds. The molecule has 0 aromatic carbocycles. The van der Waals surface area contributed by atoms with Crippen molar-refractivity contribution in [2.75, 3.05) is 0 Å². The van der Waals surface area contributed by atoms with Crippen molar-refractivity contribution in [2.45, 2.75) is 73.1 Å². The molecule has 84 valence electrons. The van der Waals surface area contributed by atoms with Crippen LogP contribution in [0.15, 0.2) is 0 Å². The molecule has 0 aromatic heterocycles. The summed E-state index contributed by atoms with van der Waals surface area (Å²) in [5.41, 5.74) is 1.22. The molecule has 2 atom stereocenters. The first-order chi connectivity index (χ1) is 6.41. The zero-order valence-corrected chi connectivity index (χ0v) is 10.8. The van der Waals surface area contributed by atoms with Crippen LogP contribution in [-0.2, 0) is 0 Å². The standard InChI is InChI=1S/C14H28/c1-6-8-14(5)10-12(7-2)9-13(3,4)11-14/h12H,6-11H2,1-5H3. The van der Waals surface area contributed by atoms with Gasteiger partial charge in [0.1, 0.15) is 0 Å². The van der Waals surface area contributed by atoms with Gasteiger partial charge in [0.25, 0.3) is 0 Å². The zero-order valence-electron chi connectivity index (χ0n) is 10.8. The molecule has 0 nitrogen and oxygen atoms in total. The van der Waals surface area contributed by atoms with E-state index in [1.54, 1.807) is 0 Å². The molecule has 1 aliphatic rings. The molecule has 0 N–H and O–H groups in total. The predicted molar refractivity (Wildman–Crippen MR) is 64.4 cm³/mol. The van der Waals surface area contributed by atoms with E-state index in [0.717, 1.165) is 5.92 Å². The largest absolute Gasteiger partial charge is 0.0654 e. The Labute approximate surface area is 90.5 Å². The first-order valence-corrected chi connectivity index (χ1v) is 6.41. The van der Waals surface area contributed by atoms with Crippen LogP contribution >= 0.6 is 0 Å². The van der Waals surface area contributed by atoms with E-state index in [0.29, 0.717) is 10.8 Å². The van der Waals surface area contributed by atoms with E-state index in [1.165, 1.54) is 38.5 Å². The quantitative estimate of drug-likeness (QED) is 0.594. The lowest BCUT2D eigenvalue weighted by Crippen LogP contribution is -2.35. The van der Waals surface area contributed by atoms with Crippen molar-refractivity contribution in [3.8, 4) is 0 Å². The average molecular weight is 196 g/mol. The fraction of sp³-hybridized carbons (Fsp3) is 1.00. The van der Waals surface area contributed by atoms with E-state index in [9.17, 15) is 0 Å². The van der Waals surface area contributed by atoms with Crippen LogP contribution in [-0.4, -0.2) is 0 Å². The highest BCUT2D eigenvalue weighted by molar-refractivity contribution is 4.90. The Morgan fingerprint density at radius 1 is 1.07 bits per heavy atom. The van der Waals surface area contributed by atoms with Crippen molar-refractivity contribution >= 4 is 0 Å². The molecule has 1 aliphatic carbocycles. The highest BCUT2D eigenvalue weighted by Gasteiger charge is 2.39. The van der Waals surface area contributed by atoms with Gasteiger partial charge in [-0.2, -0.15) is 0 Å². The van der Waals surface area contributed by atoms with Crippen molar-refractivity contribution in [3.05, 3.63) is 0 Å². The topological polar surface area (TPSA) is 0 Å². The summed E-state index contributed by atoms with van der Waals surface area (Å²) < 4.78 is 0. The Morgan fingerprint density at radius 3 is 2.21 bits per heavy atom. The van der Waals surface area contributed by atoms with Crippen LogP contribution in [0, 0.1) is 16.7 Å². The summed E-state index contributed by atoms with van der Waals surface area (Å²) in [7, 11) is 0. The molecule has 1 rings (SSSR count). The smallest absolute Gasteiger partial charge is 0.0318 e. The van der Waals surface area contributed by atoms with Crippen LogP contribution in [0.5, 0.6) is 0 Å². The maximum atomic E-state index is 2.51. The van der Waals surface area contributed by atoms with Crippen LogP contribution < -0.4 is 0 Å². The summed E-state index contributed by atoms with van der Waals surface area (Å²) in [5, 5.41) is 0. The van der Waals surface area contributed by atoms with E-state index in [-0.39, 0.29) is 0 Å². The van der Waals surface area contributed by atoms with Gasteiger partial charge in [-0.1, -0.05) is 47.5 Å². The lowest BCUT2D eigenvalue weighted by molar-refractivity contribution is 0.0455. The van der Waals surface area contributed by atoms with Gasteiger partial charge in [0.15, 0.2) is 0 Å². The number of hydrogen-bond acceptors (Lipinski definition) is 0. The van der Waals surface area contributed by atoms with Gasteiger partial charge in [-0.15, -0.1) is 0 Å². The zero-order chi connectivity index (χ0) is 10.8. The van der Waals surface area contributed by atoms with Crippen LogP contribution in [0.4, 0.5) is 0 Å². The summed E-state index contributed by atoms with van der Waals surface area (Å²) in [6.07, 6.45) is 8.51. The monoisotopic (exact) mass is 196 g/mol. The molecule has 0 heterocycles. The van der Waals surface area contributed by atoms with Gasteiger partial charge in [-0.25, -0.2) is 0 Å². The predicted octanol–water partition coefficient (Wildman–Crippen LogP) is 5.03. The van der Waals surface area contributed by atoms with E-state index in [2.05, 4.69) is 34.6 Å². The molecule has 0 heteroatoms. The second kappa shape index (κ2) is 4.24. The molecule has 0 saturated heterocycles. The van der Waals surface area contributed by atoms with Crippen LogP contribution in [0.25, 0.3) is 0 Å². The summed E-state index contributed by atoms with van der Waals surface area (Å²) in [6.45, 7) is 12.1. The van der Waals surface area contributed by atoms with Crippen molar-refractivity contribution in [3.63, 3.8) is 0 Å². The van der Waals surface area contributed by atoms with Gasteiger partial charge in [-0.3, -0.25) is 0 Å². The minimum absolute atomic E-state index is 0.586. The number of hydrogen-bond donors (Lipinski definition) is 0. The molecule has 14 heavy (non-hydrogen) atoms. The molecule has 0 bridgehead atoms. The molecule has 2 unspecified atom stereocenters. The van der Waals surface area contributed by atoms with Crippen molar-refractivity contribution in [1.29, 1.82) is 0 Å². The first kappa shape index (κ1) is 12.1. The summed E-state index contributed by atoms with van der Waals surface area (Å²) in [6, 6.07) is 0. The summed E-state index contributed by atoms with van der Waals surface area (Å²) in [5.74, 6) is 0.982. The van der Waals surface area contributed by atoms with Crippen molar-refractivity contribution in [1.82, 2.24) is 0 Å². The fourth-order valence-electron chi connectivity index (χ4n) is 3.93. The summed E-state index contributed by atoms with van der Waals surface area (Å²) in [4.78, 5) is 0. The van der Waals surface area contributed by atoms with Gasteiger partial charge < -0.3 is 0 Å². The molecule has 0 spiro atoms. The van der Waals surface area contributed by atoms with Crippen LogP contribution in [0.3, 0.4) is 0 Å². The Bertz CT molecular complexity index is 180. The maximum absolute atomic E-state index is 2.51. The number of rotatable bonds is 3. The second-order valence-electron chi connectivity index (χ2n) is 6.58. The van der Waals surface area contributed by atoms with Gasteiger partial charge in [0.05, 0.1) is 0 Å². The van der Waals surface area contributed by atoms with Gasteiger partial charge >= 0.3 is 0 Å². The van der Waals surface area contributed by atoms with E-state index in [4.69, 9.17) is 0 Å². The second-order valence-corrected chi connectivity index (χ2v) is 6.58. The molecule has 0 aliphatic heterocycles. The lowest BCUT2D eigenvalue weighted by Gasteiger charge is -2.47. The van der Waals surface area contributed by atoms with E-state index >= 15 is 0 Å².